The van der Waals surface area contributed by atoms with Gasteiger partial charge in [0.1, 0.15) is 0 Å². The monoisotopic (exact) mass is 299 g/mol. The Kier molecular flexibility index (Phi) is 7.63. The number of ether oxygens (including phenoxy) is 1. The van der Waals surface area contributed by atoms with Gasteiger partial charge in [-0.25, -0.2) is 0 Å². The molecule has 124 valence electrons. The summed E-state index contributed by atoms with van der Waals surface area (Å²) in [6.07, 6.45) is 1.70. The molecule has 1 aliphatic rings. The van der Waals surface area contributed by atoms with Crippen molar-refractivity contribution >= 4 is 5.91 Å². The first kappa shape index (κ1) is 18.4. The number of nitrogens with one attached hydrogen (secondary N) is 2. The molecule has 0 aromatic heterocycles. The average Bonchev–Trinajstić information content (AvgIpc) is 2.43. The van der Waals surface area contributed by atoms with Gasteiger partial charge in [0.2, 0.25) is 5.91 Å². The molecule has 0 aromatic carbocycles. The molecule has 0 saturated carbocycles. The third-order valence-corrected chi connectivity index (χ3v) is 4.45. The topological polar surface area (TPSA) is 53.6 Å². The number of amides is 1. The molecule has 0 bridgehead atoms. The Morgan fingerprint density at radius 2 is 1.81 bits per heavy atom. The molecule has 21 heavy (non-hydrogen) atoms. The van der Waals surface area contributed by atoms with Crippen LogP contribution in [0.3, 0.4) is 0 Å². The van der Waals surface area contributed by atoms with E-state index in [1.165, 1.54) is 0 Å². The van der Waals surface area contributed by atoms with Crippen molar-refractivity contribution in [3.8, 4) is 0 Å². The fourth-order valence-corrected chi connectivity index (χ4v) is 3.22. The quantitative estimate of drug-likeness (QED) is 0.708. The van der Waals surface area contributed by atoms with Crippen LogP contribution in [0.15, 0.2) is 0 Å². The van der Waals surface area contributed by atoms with Crippen LogP contribution in [0, 0.1) is 5.41 Å². The highest BCUT2D eigenvalue weighted by molar-refractivity contribution is 5.83. The van der Waals surface area contributed by atoms with Crippen LogP contribution in [0.2, 0.25) is 0 Å². The van der Waals surface area contributed by atoms with E-state index in [9.17, 15) is 4.79 Å². The Bertz CT molecular complexity index is 299. The second-order valence-electron chi connectivity index (χ2n) is 6.64. The summed E-state index contributed by atoms with van der Waals surface area (Å²) >= 11 is 0. The van der Waals surface area contributed by atoms with Crippen molar-refractivity contribution in [1.29, 1.82) is 0 Å². The van der Waals surface area contributed by atoms with Gasteiger partial charge in [-0.05, 0) is 53.6 Å². The van der Waals surface area contributed by atoms with Gasteiger partial charge in [-0.15, -0.1) is 0 Å². The highest BCUT2D eigenvalue weighted by Crippen LogP contribution is 2.29. The highest BCUT2D eigenvalue weighted by atomic mass is 16.5. The number of methoxy groups -OCH3 is 1. The molecule has 0 atom stereocenters. The zero-order valence-corrected chi connectivity index (χ0v) is 14.4. The molecule has 0 radical (unpaired) electrons. The maximum atomic E-state index is 12.6. The van der Waals surface area contributed by atoms with Crippen LogP contribution in [0.4, 0.5) is 0 Å². The molecular formula is C16H33N3O2. The minimum absolute atomic E-state index is 0.151. The Morgan fingerprint density at radius 3 is 2.29 bits per heavy atom. The van der Waals surface area contributed by atoms with Crippen LogP contribution < -0.4 is 10.6 Å². The van der Waals surface area contributed by atoms with E-state index in [2.05, 4.69) is 43.2 Å². The summed E-state index contributed by atoms with van der Waals surface area (Å²) in [6, 6.07) is 0.988. The third-order valence-electron chi connectivity index (χ3n) is 4.45. The zero-order valence-electron chi connectivity index (χ0n) is 14.4. The van der Waals surface area contributed by atoms with E-state index in [1.54, 1.807) is 7.11 Å². The Hall–Kier alpha value is -0.650. The number of piperidine rings is 1. The van der Waals surface area contributed by atoms with E-state index in [0.29, 0.717) is 25.2 Å². The van der Waals surface area contributed by atoms with Crippen molar-refractivity contribution in [3.05, 3.63) is 0 Å². The molecule has 1 rings (SSSR count). The van der Waals surface area contributed by atoms with Gasteiger partial charge >= 0.3 is 0 Å². The number of carbonyl (C=O) groups is 1. The fraction of sp³-hybridized carbons (Fsp3) is 0.938. The third kappa shape index (κ3) is 5.24. The predicted molar refractivity (Wildman–Crippen MR) is 86.4 cm³/mol. The molecule has 5 heteroatoms. The molecule has 0 aromatic rings. The predicted octanol–water partition coefficient (Wildman–Crippen LogP) is 1.24. The Balaban J connectivity index is 2.50. The summed E-state index contributed by atoms with van der Waals surface area (Å²) in [7, 11) is 1.68. The van der Waals surface area contributed by atoms with E-state index < -0.39 is 0 Å². The van der Waals surface area contributed by atoms with Gasteiger partial charge in [0.25, 0.3) is 0 Å². The van der Waals surface area contributed by atoms with Gasteiger partial charge in [0.05, 0.1) is 12.0 Å². The van der Waals surface area contributed by atoms with Crippen LogP contribution in [0.25, 0.3) is 0 Å². The first-order valence-corrected chi connectivity index (χ1v) is 8.16. The standard InChI is InChI=1S/C16H33N3O2/c1-13(2)19(14(3)4)11-10-18-15(20)16(12-21-5)6-8-17-9-7-16/h13-14,17H,6-12H2,1-5H3,(H,18,20). The molecule has 1 amide bonds. The Labute approximate surface area is 129 Å². The molecule has 1 saturated heterocycles. The van der Waals surface area contributed by atoms with E-state index in [1.807, 2.05) is 0 Å². The maximum absolute atomic E-state index is 12.6. The van der Waals surface area contributed by atoms with Crippen LogP contribution in [-0.2, 0) is 9.53 Å². The van der Waals surface area contributed by atoms with Gasteiger partial charge < -0.3 is 15.4 Å². The maximum Gasteiger partial charge on any atom is 0.228 e. The molecule has 0 aliphatic carbocycles. The van der Waals surface area contributed by atoms with Crippen LogP contribution in [0.5, 0.6) is 0 Å². The minimum atomic E-state index is -0.347. The van der Waals surface area contributed by atoms with Crippen molar-refractivity contribution in [2.45, 2.75) is 52.6 Å². The first-order chi connectivity index (χ1) is 9.93. The van der Waals surface area contributed by atoms with E-state index in [0.717, 1.165) is 32.5 Å². The lowest BCUT2D eigenvalue weighted by Gasteiger charge is -2.36. The van der Waals surface area contributed by atoms with Crippen LogP contribution in [-0.4, -0.2) is 62.8 Å². The van der Waals surface area contributed by atoms with E-state index >= 15 is 0 Å². The summed E-state index contributed by atoms with van der Waals surface area (Å²) in [5.41, 5.74) is -0.347. The summed E-state index contributed by atoms with van der Waals surface area (Å²) in [4.78, 5) is 15.0. The van der Waals surface area contributed by atoms with E-state index in [4.69, 9.17) is 4.74 Å². The molecule has 1 heterocycles. The molecule has 1 fully saturated rings. The normalized spacial score (nSPS) is 18.5. The highest BCUT2D eigenvalue weighted by Gasteiger charge is 2.39. The Morgan fingerprint density at radius 1 is 1.24 bits per heavy atom. The summed E-state index contributed by atoms with van der Waals surface area (Å²) in [5, 5.41) is 6.44. The minimum Gasteiger partial charge on any atom is -0.384 e. The number of rotatable bonds is 8. The first-order valence-electron chi connectivity index (χ1n) is 8.16. The number of nitrogens with zero attached hydrogens (tertiary/aromatic N) is 1. The lowest BCUT2D eigenvalue weighted by atomic mass is 9.78. The molecule has 2 N–H and O–H groups in total. The number of hydrogen-bond donors (Lipinski definition) is 2. The van der Waals surface area contributed by atoms with Crippen molar-refractivity contribution in [3.63, 3.8) is 0 Å². The smallest absolute Gasteiger partial charge is 0.228 e. The fourth-order valence-electron chi connectivity index (χ4n) is 3.22. The van der Waals surface area contributed by atoms with Gasteiger partial charge in [0.15, 0.2) is 0 Å². The van der Waals surface area contributed by atoms with Crippen molar-refractivity contribution in [1.82, 2.24) is 15.5 Å². The van der Waals surface area contributed by atoms with Crippen LogP contribution >= 0.6 is 0 Å². The molecule has 0 unspecified atom stereocenters. The van der Waals surface area contributed by atoms with Gasteiger partial charge in [-0.3, -0.25) is 9.69 Å². The average molecular weight is 299 g/mol. The van der Waals surface area contributed by atoms with Gasteiger partial charge in [-0.2, -0.15) is 0 Å². The van der Waals surface area contributed by atoms with Crippen molar-refractivity contribution in [2.75, 3.05) is 39.9 Å². The summed E-state index contributed by atoms with van der Waals surface area (Å²) < 4.78 is 5.31. The van der Waals surface area contributed by atoms with Crippen LogP contribution in [0.1, 0.15) is 40.5 Å². The number of hydrogen-bond acceptors (Lipinski definition) is 4. The molecule has 5 nitrogen and oxygen atoms in total. The number of carbonyl (C=O) groups excluding carboxylic acids is 1. The lowest BCUT2D eigenvalue weighted by Crippen LogP contribution is -2.51. The van der Waals surface area contributed by atoms with Gasteiger partial charge in [-0.1, -0.05) is 0 Å². The second-order valence-corrected chi connectivity index (χ2v) is 6.64. The lowest BCUT2D eigenvalue weighted by molar-refractivity contribution is -0.136. The zero-order chi connectivity index (χ0) is 15.9. The SMILES string of the molecule is COCC1(C(=O)NCCN(C(C)C)C(C)C)CCNCC1. The largest absolute Gasteiger partial charge is 0.384 e. The summed E-state index contributed by atoms with van der Waals surface area (Å²) in [5.74, 6) is 0.151. The molecular weight excluding hydrogens is 266 g/mol. The molecule has 1 aliphatic heterocycles. The van der Waals surface area contributed by atoms with E-state index in [-0.39, 0.29) is 11.3 Å². The van der Waals surface area contributed by atoms with Gasteiger partial charge in [0, 0.05) is 32.3 Å². The summed E-state index contributed by atoms with van der Waals surface area (Å²) in [6.45, 7) is 12.7. The molecule has 0 spiro atoms. The van der Waals surface area contributed by atoms with Crippen molar-refractivity contribution in [2.24, 2.45) is 5.41 Å². The second kappa shape index (κ2) is 8.71. The van der Waals surface area contributed by atoms with Crippen molar-refractivity contribution < 1.29 is 9.53 Å².